The molecular formula is C19H16N6O4. The van der Waals surface area contributed by atoms with Gasteiger partial charge in [0, 0.05) is 7.05 Å². The number of carbonyl (C=O) groups excluding carboxylic acids is 2. The minimum atomic E-state index is -1.30. The van der Waals surface area contributed by atoms with Crippen molar-refractivity contribution in [2.75, 3.05) is 0 Å². The number of para-hydroxylation sites is 1. The van der Waals surface area contributed by atoms with Crippen molar-refractivity contribution in [2.45, 2.75) is 19.0 Å². The number of fused-ring (bicyclic) bond motifs is 3. The number of hydrogen-bond acceptors (Lipinski definition) is 6. The van der Waals surface area contributed by atoms with E-state index in [-0.39, 0.29) is 12.1 Å². The minimum Gasteiger partial charge on any atom is -0.466 e. The second-order valence-electron chi connectivity index (χ2n) is 7.06. The summed E-state index contributed by atoms with van der Waals surface area (Å²) in [4.78, 5) is 39.3. The van der Waals surface area contributed by atoms with Gasteiger partial charge in [-0.1, -0.05) is 12.1 Å². The monoisotopic (exact) mass is 392 g/mol. The van der Waals surface area contributed by atoms with E-state index in [2.05, 4.69) is 15.5 Å². The van der Waals surface area contributed by atoms with Gasteiger partial charge >= 0.3 is 6.03 Å². The van der Waals surface area contributed by atoms with E-state index in [0.29, 0.717) is 28.3 Å². The van der Waals surface area contributed by atoms with Crippen LogP contribution in [0.15, 0.2) is 51.9 Å². The molecule has 1 aromatic carbocycles. The number of carbonyl (C=O) groups is 2. The molecule has 146 valence electrons. The summed E-state index contributed by atoms with van der Waals surface area (Å²) in [7, 11) is 1.60. The molecule has 29 heavy (non-hydrogen) atoms. The number of nitrogens with zero attached hydrogens (tertiary/aromatic N) is 5. The van der Waals surface area contributed by atoms with Gasteiger partial charge in [0.05, 0.1) is 23.7 Å². The van der Waals surface area contributed by atoms with Gasteiger partial charge in [-0.15, -0.1) is 10.2 Å². The standard InChI is InChI=1S/C19H16N6O4/c1-19(13-8-5-9-29-13)16(27)24(18(28)20-19)10-14-21-22-17-23(2)15(26)11-6-3-4-7-12(11)25(14)17/h3-9H,10H2,1-2H3,(H,20,28). The summed E-state index contributed by atoms with van der Waals surface area (Å²) in [5.74, 6) is 0.573. The number of aryl methyl sites for hydroxylation is 1. The highest BCUT2D eigenvalue weighted by Gasteiger charge is 2.51. The van der Waals surface area contributed by atoms with Crippen LogP contribution in [0.25, 0.3) is 16.7 Å². The third-order valence-electron chi connectivity index (χ3n) is 5.28. The Bertz CT molecular complexity index is 1350. The van der Waals surface area contributed by atoms with Crippen molar-refractivity contribution in [3.8, 4) is 0 Å². The van der Waals surface area contributed by atoms with Crippen molar-refractivity contribution in [1.29, 1.82) is 0 Å². The van der Waals surface area contributed by atoms with Gasteiger partial charge in [-0.3, -0.25) is 23.5 Å². The first-order valence-corrected chi connectivity index (χ1v) is 8.91. The number of aromatic nitrogens is 4. The lowest BCUT2D eigenvalue weighted by Crippen LogP contribution is -2.40. The molecule has 0 saturated carbocycles. The Labute approximate surface area is 163 Å². The molecule has 1 aliphatic heterocycles. The molecule has 5 rings (SSSR count). The fourth-order valence-corrected chi connectivity index (χ4v) is 3.71. The van der Waals surface area contributed by atoms with Crippen molar-refractivity contribution in [1.82, 2.24) is 29.4 Å². The average Bonchev–Trinajstić information content (AvgIpc) is 3.43. The predicted molar refractivity (Wildman–Crippen MR) is 101 cm³/mol. The zero-order valence-corrected chi connectivity index (χ0v) is 15.6. The fourth-order valence-electron chi connectivity index (χ4n) is 3.71. The molecule has 1 atom stereocenters. The van der Waals surface area contributed by atoms with Crippen molar-refractivity contribution < 1.29 is 14.0 Å². The Morgan fingerprint density at radius 3 is 2.66 bits per heavy atom. The number of amides is 3. The van der Waals surface area contributed by atoms with Crippen LogP contribution in [0.4, 0.5) is 4.79 Å². The lowest BCUT2D eigenvalue weighted by molar-refractivity contribution is -0.132. The van der Waals surface area contributed by atoms with Gasteiger partial charge in [0.1, 0.15) is 5.76 Å². The van der Waals surface area contributed by atoms with E-state index < -0.39 is 17.5 Å². The number of nitrogens with one attached hydrogen (secondary N) is 1. The van der Waals surface area contributed by atoms with Gasteiger partial charge in [-0.2, -0.15) is 0 Å². The van der Waals surface area contributed by atoms with E-state index in [1.54, 1.807) is 54.8 Å². The Morgan fingerprint density at radius 2 is 1.90 bits per heavy atom. The Balaban J connectivity index is 1.62. The molecule has 4 heterocycles. The summed E-state index contributed by atoms with van der Waals surface area (Å²) < 4.78 is 8.41. The third-order valence-corrected chi connectivity index (χ3v) is 5.28. The zero-order chi connectivity index (χ0) is 20.3. The van der Waals surface area contributed by atoms with Gasteiger partial charge in [-0.25, -0.2) is 4.79 Å². The Morgan fingerprint density at radius 1 is 1.10 bits per heavy atom. The first-order chi connectivity index (χ1) is 13.9. The normalized spacial score (nSPS) is 19.4. The van der Waals surface area contributed by atoms with E-state index in [9.17, 15) is 14.4 Å². The van der Waals surface area contributed by atoms with Gasteiger partial charge < -0.3 is 9.73 Å². The molecule has 0 bridgehead atoms. The summed E-state index contributed by atoms with van der Waals surface area (Å²) in [6, 6.07) is 9.79. The van der Waals surface area contributed by atoms with Crippen LogP contribution >= 0.6 is 0 Å². The summed E-state index contributed by atoms with van der Waals surface area (Å²) in [6.45, 7) is 1.48. The molecule has 0 radical (unpaired) electrons. The maximum Gasteiger partial charge on any atom is 0.325 e. The molecule has 10 heteroatoms. The lowest BCUT2D eigenvalue weighted by atomic mass is 9.99. The van der Waals surface area contributed by atoms with Crippen LogP contribution in [0.3, 0.4) is 0 Å². The van der Waals surface area contributed by atoms with Crippen LogP contribution in [0, 0.1) is 0 Å². The second-order valence-corrected chi connectivity index (χ2v) is 7.06. The molecule has 1 saturated heterocycles. The molecule has 1 fully saturated rings. The van der Waals surface area contributed by atoms with Crippen LogP contribution < -0.4 is 10.9 Å². The Kier molecular flexibility index (Phi) is 3.42. The van der Waals surface area contributed by atoms with Crippen molar-refractivity contribution in [3.63, 3.8) is 0 Å². The summed E-state index contributed by atoms with van der Waals surface area (Å²) in [5, 5.41) is 11.4. The van der Waals surface area contributed by atoms with E-state index in [1.165, 1.54) is 10.8 Å². The first-order valence-electron chi connectivity index (χ1n) is 8.91. The van der Waals surface area contributed by atoms with E-state index in [0.717, 1.165) is 4.90 Å². The number of furan rings is 1. The number of rotatable bonds is 3. The maximum atomic E-state index is 13.1. The largest absolute Gasteiger partial charge is 0.466 e. The van der Waals surface area contributed by atoms with Gasteiger partial charge in [-0.05, 0) is 31.2 Å². The quantitative estimate of drug-likeness (QED) is 0.523. The maximum absolute atomic E-state index is 13.1. The highest BCUT2D eigenvalue weighted by molar-refractivity contribution is 6.06. The fraction of sp³-hybridized carbons (Fsp3) is 0.211. The topological polar surface area (TPSA) is 115 Å². The van der Waals surface area contributed by atoms with Gasteiger partial charge in [0.25, 0.3) is 11.5 Å². The molecule has 0 aliphatic carbocycles. The highest BCUT2D eigenvalue weighted by atomic mass is 16.3. The predicted octanol–water partition coefficient (Wildman–Crippen LogP) is 1.14. The second kappa shape index (κ2) is 5.77. The van der Waals surface area contributed by atoms with E-state index in [4.69, 9.17) is 4.42 Å². The molecule has 3 amide bonds. The van der Waals surface area contributed by atoms with Crippen molar-refractivity contribution in [2.24, 2.45) is 7.05 Å². The molecule has 3 aromatic heterocycles. The van der Waals surface area contributed by atoms with Crippen LogP contribution in [0.2, 0.25) is 0 Å². The number of urea groups is 1. The minimum absolute atomic E-state index is 0.107. The Hall–Kier alpha value is -3.95. The summed E-state index contributed by atoms with van der Waals surface area (Å²) >= 11 is 0. The van der Waals surface area contributed by atoms with Crippen molar-refractivity contribution in [3.05, 3.63) is 64.6 Å². The van der Waals surface area contributed by atoms with E-state index >= 15 is 0 Å². The molecule has 1 aliphatic rings. The summed E-state index contributed by atoms with van der Waals surface area (Å²) in [5.41, 5.74) is -0.894. The van der Waals surface area contributed by atoms with Crippen LogP contribution in [-0.4, -0.2) is 36.0 Å². The SMILES string of the molecule is Cn1c(=O)c2ccccc2n2c(CN3C(=O)NC(C)(c4ccco4)C3=O)nnc12. The molecule has 10 nitrogen and oxygen atoms in total. The summed E-state index contributed by atoms with van der Waals surface area (Å²) in [6.07, 6.45) is 1.45. The first kappa shape index (κ1) is 17.2. The van der Waals surface area contributed by atoms with Crippen LogP contribution in [0.5, 0.6) is 0 Å². The van der Waals surface area contributed by atoms with E-state index in [1.807, 2.05) is 0 Å². The highest BCUT2D eigenvalue weighted by Crippen LogP contribution is 2.30. The molecule has 0 spiro atoms. The molecule has 1 unspecified atom stereocenters. The number of benzene rings is 1. The number of imide groups is 1. The zero-order valence-electron chi connectivity index (χ0n) is 15.6. The van der Waals surface area contributed by atoms with Crippen molar-refractivity contribution >= 4 is 28.6 Å². The van der Waals surface area contributed by atoms with Gasteiger partial charge in [0.2, 0.25) is 5.78 Å². The smallest absolute Gasteiger partial charge is 0.325 e. The average molecular weight is 392 g/mol. The van der Waals surface area contributed by atoms with Crippen LogP contribution in [0.1, 0.15) is 18.5 Å². The lowest BCUT2D eigenvalue weighted by Gasteiger charge is -2.18. The molecular weight excluding hydrogens is 376 g/mol. The number of hydrogen-bond donors (Lipinski definition) is 1. The molecule has 1 N–H and O–H groups in total. The van der Waals surface area contributed by atoms with Gasteiger partial charge in [0.15, 0.2) is 11.4 Å². The molecule has 4 aromatic rings. The third kappa shape index (κ3) is 2.25. The van der Waals surface area contributed by atoms with Crippen LogP contribution in [-0.2, 0) is 23.9 Å².